The first-order chi connectivity index (χ1) is 18.3. The molecule has 3 aliphatic carbocycles. The van der Waals surface area contributed by atoms with Gasteiger partial charge in [0, 0.05) is 22.2 Å². The summed E-state index contributed by atoms with van der Waals surface area (Å²) in [5.74, 6) is -2.71. The Balaban J connectivity index is 1.15. The molecule has 1 heterocycles. The minimum absolute atomic E-state index is 0.0524. The molecule has 14 heteroatoms. The van der Waals surface area contributed by atoms with Gasteiger partial charge in [0.05, 0.1) is 17.3 Å². The molecule has 39 heavy (non-hydrogen) atoms. The lowest BCUT2D eigenvalue weighted by Crippen LogP contribution is -2.84. The van der Waals surface area contributed by atoms with Gasteiger partial charge >= 0.3 is 6.18 Å². The highest BCUT2D eigenvalue weighted by Gasteiger charge is 2.69. The highest BCUT2D eigenvalue weighted by molar-refractivity contribution is 6.31. The van der Waals surface area contributed by atoms with Crippen LogP contribution in [0.2, 0.25) is 10.0 Å². The van der Waals surface area contributed by atoms with E-state index in [1.54, 1.807) is 0 Å². The number of alkyl halides is 3. The van der Waals surface area contributed by atoms with E-state index >= 15 is 0 Å². The molecule has 3 fully saturated rings. The third-order valence-corrected chi connectivity index (χ3v) is 7.40. The average Bonchev–Trinajstić information content (AvgIpc) is 2.80. The molecule has 0 spiro atoms. The molecule has 8 nitrogen and oxygen atoms in total. The zero-order chi connectivity index (χ0) is 28.2. The molecule has 2 aromatic rings. The maximum absolute atomic E-state index is 13.5. The van der Waals surface area contributed by atoms with Crippen molar-refractivity contribution < 1.29 is 41.4 Å². The van der Waals surface area contributed by atoms with E-state index in [4.69, 9.17) is 32.7 Å². The summed E-state index contributed by atoms with van der Waals surface area (Å²) >= 11 is 11.6. The van der Waals surface area contributed by atoms with Crippen LogP contribution in [-0.2, 0) is 14.4 Å². The summed E-state index contributed by atoms with van der Waals surface area (Å²) in [6, 6.07) is 7.94. The van der Waals surface area contributed by atoms with Crippen LogP contribution in [0.15, 0.2) is 36.4 Å². The van der Waals surface area contributed by atoms with E-state index in [0.29, 0.717) is 19.3 Å². The Labute approximate surface area is 229 Å². The molecule has 3 amide bonds. The van der Waals surface area contributed by atoms with E-state index < -0.39 is 59.9 Å². The Bertz CT molecular complexity index is 1340. The summed E-state index contributed by atoms with van der Waals surface area (Å²) in [6.45, 7) is -0.766. The van der Waals surface area contributed by atoms with E-state index in [0.717, 1.165) is 11.0 Å². The number of hydrogen-bond donors (Lipinski definition) is 2. The molecule has 1 unspecified atom stereocenters. The summed E-state index contributed by atoms with van der Waals surface area (Å²) < 4.78 is 63.2. The number of halogens is 6. The van der Waals surface area contributed by atoms with Gasteiger partial charge in [-0.2, -0.15) is 13.2 Å². The van der Waals surface area contributed by atoms with Crippen molar-refractivity contribution in [1.82, 2.24) is 10.6 Å². The van der Waals surface area contributed by atoms with E-state index in [1.807, 2.05) is 0 Å². The molecule has 3 saturated carbocycles. The van der Waals surface area contributed by atoms with Crippen LogP contribution in [0.25, 0.3) is 0 Å². The average molecular weight is 590 g/mol. The summed E-state index contributed by atoms with van der Waals surface area (Å²) in [5.41, 5.74) is -1.07. The van der Waals surface area contributed by atoms with Gasteiger partial charge in [0.1, 0.15) is 23.7 Å². The van der Waals surface area contributed by atoms with Crippen molar-refractivity contribution >= 4 is 46.6 Å². The Kier molecular flexibility index (Phi) is 6.82. The van der Waals surface area contributed by atoms with Gasteiger partial charge in [-0.25, -0.2) is 4.39 Å². The summed E-state index contributed by atoms with van der Waals surface area (Å²) in [4.78, 5) is 38.7. The maximum atomic E-state index is 13.5. The maximum Gasteiger partial charge on any atom is 0.397 e. The molecule has 2 aromatic carbocycles. The molecule has 1 aliphatic heterocycles. The molecular formula is C25H21Cl2F4N3O5. The van der Waals surface area contributed by atoms with Gasteiger partial charge < -0.3 is 25.0 Å². The quantitative estimate of drug-likeness (QED) is 0.473. The van der Waals surface area contributed by atoms with Crippen LogP contribution < -0.4 is 25.0 Å². The zero-order valence-electron chi connectivity index (χ0n) is 20.0. The van der Waals surface area contributed by atoms with Gasteiger partial charge in [0.15, 0.2) is 12.7 Å². The van der Waals surface area contributed by atoms with Crippen LogP contribution in [0.3, 0.4) is 0 Å². The third kappa shape index (κ3) is 5.72. The molecule has 6 rings (SSSR count). The fraction of sp³-hybridized carbons (Fsp3) is 0.400. The number of ether oxygens (including phenoxy) is 2. The van der Waals surface area contributed by atoms with Crippen molar-refractivity contribution in [2.45, 2.75) is 49.0 Å². The van der Waals surface area contributed by atoms with Crippen LogP contribution >= 0.6 is 23.2 Å². The number of benzene rings is 2. The van der Waals surface area contributed by atoms with Crippen molar-refractivity contribution in [1.29, 1.82) is 0 Å². The second-order valence-electron chi connectivity index (χ2n) is 10.0. The Morgan fingerprint density at radius 1 is 1.05 bits per heavy atom. The summed E-state index contributed by atoms with van der Waals surface area (Å²) in [7, 11) is 0. The summed E-state index contributed by atoms with van der Waals surface area (Å²) in [5, 5.41) is 5.84. The van der Waals surface area contributed by atoms with E-state index in [2.05, 4.69) is 10.6 Å². The van der Waals surface area contributed by atoms with Gasteiger partial charge in [0.25, 0.3) is 11.8 Å². The molecule has 0 aromatic heterocycles. The van der Waals surface area contributed by atoms with Crippen molar-refractivity contribution in [3.05, 3.63) is 52.3 Å². The lowest BCUT2D eigenvalue weighted by atomic mass is 9.44. The number of anilines is 1. The Morgan fingerprint density at radius 3 is 2.41 bits per heavy atom. The van der Waals surface area contributed by atoms with Gasteiger partial charge in [-0.15, -0.1) is 0 Å². The van der Waals surface area contributed by atoms with Gasteiger partial charge in [-0.3, -0.25) is 14.4 Å². The predicted octanol–water partition coefficient (Wildman–Crippen LogP) is 4.17. The van der Waals surface area contributed by atoms with Crippen LogP contribution in [0.1, 0.15) is 25.7 Å². The first-order valence-electron chi connectivity index (χ1n) is 11.8. The number of fused-ring (bicyclic) bond motifs is 1. The largest absolute Gasteiger partial charge is 0.484 e. The number of amides is 3. The highest BCUT2D eigenvalue weighted by Crippen LogP contribution is 2.60. The number of nitrogens with one attached hydrogen (secondary N) is 2. The fourth-order valence-electron chi connectivity index (χ4n) is 5.34. The monoisotopic (exact) mass is 589 g/mol. The molecular weight excluding hydrogens is 569 g/mol. The molecule has 0 radical (unpaired) electrons. The summed E-state index contributed by atoms with van der Waals surface area (Å²) in [6.07, 6.45) is -6.37. The molecule has 2 N–H and O–H groups in total. The molecule has 2 bridgehead atoms. The van der Waals surface area contributed by atoms with Crippen molar-refractivity contribution in [2.75, 3.05) is 18.1 Å². The van der Waals surface area contributed by atoms with Crippen LogP contribution in [0.4, 0.5) is 23.2 Å². The second-order valence-corrected chi connectivity index (χ2v) is 10.9. The standard InChI is InChI=1S/C25H21Cl2F4N3O5/c26-13-1-4-18-17(5-13)34(21(36)7-25(29,30)31)8-19(39-18)22(37)33-24-10-23(11-24,12-24)32-20(35)9-38-14-2-3-15(27)16(28)6-14/h1-6,19H,7-12H2,(H,32,35)(H,33,37). The van der Waals surface area contributed by atoms with E-state index in [1.165, 1.54) is 30.3 Å². The predicted molar refractivity (Wildman–Crippen MR) is 131 cm³/mol. The molecule has 1 atom stereocenters. The zero-order valence-corrected chi connectivity index (χ0v) is 21.6. The molecule has 4 aliphatic rings. The van der Waals surface area contributed by atoms with E-state index in [9.17, 15) is 31.9 Å². The topological polar surface area (TPSA) is 97.0 Å². The first-order valence-corrected chi connectivity index (χ1v) is 12.6. The number of hydrogen-bond acceptors (Lipinski definition) is 5. The first kappa shape index (κ1) is 27.3. The van der Waals surface area contributed by atoms with Crippen molar-refractivity contribution in [3.8, 4) is 11.5 Å². The van der Waals surface area contributed by atoms with Crippen LogP contribution in [0.5, 0.6) is 11.5 Å². The Morgan fingerprint density at radius 2 is 1.74 bits per heavy atom. The Hall–Kier alpha value is -3.25. The smallest absolute Gasteiger partial charge is 0.397 e. The number of nitrogens with zero attached hydrogens (tertiary/aromatic N) is 1. The van der Waals surface area contributed by atoms with Crippen LogP contribution in [-0.4, -0.2) is 54.2 Å². The van der Waals surface area contributed by atoms with Gasteiger partial charge in [-0.1, -0.05) is 23.2 Å². The van der Waals surface area contributed by atoms with Crippen molar-refractivity contribution in [2.24, 2.45) is 0 Å². The SMILES string of the molecule is O=C(COc1ccc(Cl)c(F)c1)NC12CC(NC(=O)C3CN(C(=O)CC(F)(F)F)c4cc(Cl)ccc4O3)(C1)C2. The fourth-order valence-corrected chi connectivity index (χ4v) is 5.62. The number of carbonyl (C=O) groups excluding carboxylic acids is 3. The molecule has 208 valence electrons. The van der Waals surface area contributed by atoms with E-state index in [-0.39, 0.29) is 33.8 Å². The highest BCUT2D eigenvalue weighted by atomic mass is 35.5. The van der Waals surface area contributed by atoms with Gasteiger partial charge in [-0.05, 0) is 49.6 Å². The van der Waals surface area contributed by atoms with Crippen LogP contribution in [0, 0.1) is 5.82 Å². The minimum Gasteiger partial charge on any atom is -0.484 e. The lowest BCUT2D eigenvalue weighted by Gasteiger charge is -2.70. The number of carbonyl (C=O) groups is 3. The number of rotatable bonds is 7. The normalized spacial score (nSPS) is 24.9. The minimum atomic E-state index is -4.73. The van der Waals surface area contributed by atoms with Crippen molar-refractivity contribution in [3.63, 3.8) is 0 Å². The third-order valence-electron chi connectivity index (χ3n) is 6.86. The second kappa shape index (κ2) is 9.74. The lowest BCUT2D eigenvalue weighted by molar-refractivity contribution is -0.154. The van der Waals surface area contributed by atoms with Gasteiger partial charge in [0.2, 0.25) is 5.91 Å². The molecule has 0 saturated heterocycles.